The van der Waals surface area contributed by atoms with E-state index in [0.717, 1.165) is 43.0 Å². The number of carbonyl (C=O) groups is 2. The third kappa shape index (κ3) is 4.74. The van der Waals surface area contributed by atoms with E-state index in [1.54, 1.807) is 6.07 Å². The Kier molecular flexibility index (Phi) is 7.00. The van der Waals surface area contributed by atoms with Crippen LogP contribution in [0.4, 0.5) is 5.82 Å². The van der Waals surface area contributed by atoms with Gasteiger partial charge in [-0.2, -0.15) is 0 Å². The monoisotopic (exact) mass is 359 g/mol. The molecular weight excluding hydrogens is 330 g/mol. The first kappa shape index (κ1) is 19.8. The largest absolute Gasteiger partial charge is 0.359 e. The van der Waals surface area contributed by atoms with Crippen molar-refractivity contribution in [3.05, 3.63) is 29.6 Å². The maximum absolute atomic E-state index is 12.4. The standard InChI is InChI=1S/C19H29N5O2/c1-5-7-12-23(4)19-16(6-2)22-17-9-8-15(13-24(17)19)18(26)21-11-10-20-14(3)25/h8-9,13H,5-7,10-12H2,1-4H3,(H,20,25)(H,21,26). The maximum Gasteiger partial charge on any atom is 0.252 e. The smallest absolute Gasteiger partial charge is 0.252 e. The number of rotatable bonds is 9. The summed E-state index contributed by atoms with van der Waals surface area (Å²) in [6.07, 6.45) is 4.92. The van der Waals surface area contributed by atoms with Crippen molar-refractivity contribution in [3.63, 3.8) is 0 Å². The predicted octanol–water partition coefficient (Wildman–Crippen LogP) is 2.00. The first-order valence-electron chi connectivity index (χ1n) is 9.22. The number of carbonyl (C=O) groups excluding carboxylic acids is 2. The minimum Gasteiger partial charge on any atom is -0.359 e. The number of aryl methyl sites for hydroxylation is 1. The third-order valence-electron chi connectivity index (χ3n) is 4.25. The van der Waals surface area contributed by atoms with E-state index < -0.39 is 0 Å². The first-order chi connectivity index (χ1) is 12.5. The lowest BCUT2D eigenvalue weighted by molar-refractivity contribution is -0.118. The molecule has 2 heterocycles. The van der Waals surface area contributed by atoms with E-state index >= 15 is 0 Å². The summed E-state index contributed by atoms with van der Waals surface area (Å²) in [6, 6.07) is 3.66. The highest BCUT2D eigenvalue weighted by Crippen LogP contribution is 2.23. The predicted molar refractivity (Wildman–Crippen MR) is 104 cm³/mol. The molecule has 26 heavy (non-hydrogen) atoms. The van der Waals surface area contributed by atoms with Gasteiger partial charge in [0.05, 0.1) is 11.3 Å². The summed E-state index contributed by atoms with van der Waals surface area (Å²) in [7, 11) is 2.07. The van der Waals surface area contributed by atoms with Gasteiger partial charge in [0.15, 0.2) is 0 Å². The van der Waals surface area contributed by atoms with Crippen molar-refractivity contribution in [2.45, 2.75) is 40.0 Å². The van der Waals surface area contributed by atoms with E-state index in [9.17, 15) is 9.59 Å². The van der Waals surface area contributed by atoms with E-state index in [0.29, 0.717) is 18.7 Å². The van der Waals surface area contributed by atoms with Crippen LogP contribution in [0.15, 0.2) is 18.3 Å². The number of pyridine rings is 1. The number of imidazole rings is 1. The van der Waals surface area contributed by atoms with Gasteiger partial charge in [-0.3, -0.25) is 14.0 Å². The van der Waals surface area contributed by atoms with Crippen LogP contribution in [-0.4, -0.2) is 47.9 Å². The van der Waals surface area contributed by atoms with E-state index in [1.807, 2.05) is 16.7 Å². The molecule has 2 aromatic heterocycles. The minimum absolute atomic E-state index is 0.106. The van der Waals surface area contributed by atoms with Crippen LogP contribution < -0.4 is 15.5 Å². The van der Waals surface area contributed by atoms with Crippen molar-refractivity contribution < 1.29 is 9.59 Å². The fourth-order valence-corrected chi connectivity index (χ4v) is 2.87. The van der Waals surface area contributed by atoms with Crippen molar-refractivity contribution >= 4 is 23.3 Å². The molecule has 2 amide bonds. The fourth-order valence-electron chi connectivity index (χ4n) is 2.87. The summed E-state index contributed by atoms with van der Waals surface area (Å²) in [5.74, 6) is 0.779. The summed E-state index contributed by atoms with van der Waals surface area (Å²) < 4.78 is 2.00. The van der Waals surface area contributed by atoms with Gasteiger partial charge in [-0.05, 0) is 25.0 Å². The van der Waals surface area contributed by atoms with Crippen LogP contribution in [-0.2, 0) is 11.2 Å². The summed E-state index contributed by atoms with van der Waals surface area (Å²) in [6.45, 7) is 7.48. The SMILES string of the molecule is CCCCN(C)c1c(CC)nc2ccc(C(=O)NCCNC(C)=O)cn12. The highest BCUT2D eigenvalue weighted by molar-refractivity contribution is 5.94. The van der Waals surface area contributed by atoms with Gasteiger partial charge >= 0.3 is 0 Å². The number of aromatic nitrogens is 2. The zero-order valence-electron chi connectivity index (χ0n) is 16.1. The second-order valence-electron chi connectivity index (χ2n) is 6.40. The Hall–Kier alpha value is -2.57. The molecule has 2 rings (SSSR count). The number of anilines is 1. The quantitative estimate of drug-likeness (QED) is 0.671. The molecule has 0 radical (unpaired) electrons. The molecule has 0 spiro atoms. The zero-order valence-corrected chi connectivity index (χ0v) is 16.1. The van der Waals surface area contributed by atoms with Gasteiger partial charge in [-0.25, -0.2) is 4.98 Å². The van der Waals surface area contributed by atoms with Gasteiger partial charge in [-0.1, -0.05) is 20.3 Å². The highest BCUT2D eigenvalue weighted by atomic mass is 16.2. The molecule has 0 fully saturated rings. The molecule has 2 aromatic rings. The molecule has 142 valence electrons. The van der Waals surface area contributed by atoms with Gasteiger partial charge < -0.3 is 15.5 Å². The molecular formula is C19H29N5O2. The molecule has 7 heteroatoms. The summed E-state index contributed by atoms with van der Waals surface area (Å²) in [5.41, 5.74) is 2.45. The average molecular weight is 359 g/mol. The van der Waals surface area contributed by atoms with Crippen LogP contribution >= 0.6 is 0 Å². The van der Waals surface area contributed by atoms with Crippen molar-refractivity contribution in [2.75, 3.05) is 31.6 Å². The lowest BCUT2D eigenvalue weighted by Gasteiger charge is -2.20. The van der Waals surface area contributed by atoms with Crippen LogP contribution in [0.3, 0.4) is 0 Å². The summed E-state index contributed by atoms with van der Waals surface area (Å²) in [5, 5.41) is 5.48. The van der Waals surface area contributed by atoms with Crippen LogP contribution in [0.5, 0.6) is 0 Å². The Morgan fingerprint density at radius 3 is 2.58 bits per heavy atom. The molecule has 0 atom stereocenters. The van der Waals surface area contributed by atoms with Crippen molar-refractivity contribution in [1.29, 1.82) is 0 Å². The Morgan fingerprint density at radius 2 is 1.92 bits per heavy atom. The van der Waals surface area contributed by atoms with Crippen molar-refractivity contribution in [2.24, 2.45) is 0 Å². The summed E-state index contributed by atoms with van der Waals surface area (Å²) in [4.78, 5) is 30.2. The molecule has 0 aromatic carbocycles. The Balaban J connectivity index is 2.22. The number of nitrogens with one attached hydrogen (secondary N) is 2. The third-order valence-corrected chi connectivity index (χ3v) is 4.25. The average Bonchev–Trinajstić information content (AvgIpc) is 3.00. The van der Waals surface area contributed by atoms with Gasteiger partial charge in [-0.15, -0.1) is 0 Å². The Bertz CT molecular complexity index is 769. The van der Waals surface area contributed by atoms with E-state index in [4.69, 9.17) is 4.98 Å². The normalized spacial score (nSPS) is 10.8. The zero-order chi connectivity index (χ0) is 19.1. The Labute approximate surface area is 154 Å². The molecule has 0 saturated heterocycles. The molecule has 7 nitrogen and oxygen atoms in total. The minimum atomic E-state index is -0.161. The van der Waals surface area contributed by atoms with Gasteiger partial charge in [0.25, 0.3) is 5.91 Å². The van der Waals surface area contributed by atoms with Gasteiger partial charge in [0, 0.05) is 39.8 Å². The second-order valence-corrected chi connectivity index (χ2v) is 6.40. The molecule has 0 aliphatic carbocycles. The molecule has 0 bridgehead atoms. The topological polar surface area (TPSA) is 78.7 Å². The number of hydrogen-bond donors (Lipinski definition) is 2. The lowest BCUT2D eigenvalue weighted by atomic mass is 10.2. The number of amides is 2. The highest BCUT2D eigenvalue weighted by Gasteiger charge is 2.16. The Morgan fingerprint density at radius 1 is 1.19 bits per heavy atom. The molecule has 0 saturated carbocycles. The van der Waals surface area contributed by atoms with E-state index in [-0.39, 0.29) is 11.8 Å². The molecule has 0 aliphatic rings. The first-order valence-corrected chi connectivity index (χ1v) is 9.22. The van der Waals surface area contributed by atoms with Gasteiger partial charge in [0.1, 0.15) is 11.5 Å². The van der Waals surface area contributed by atoms with Crippen molar-refractivity contribution in [1.82, 2.24) is 20.0 Å². The maximum atomic E-state index is 12.4. The lowest BCUT2D eigenvalue weighted by Crippen LogP contribution is -2.33. The summed E-state index contributed by atoms with van der Waals surface area (Å²) >= 11 is 0. The van der Waals surface area contributed by atoms with Crippen LogP contribution in [0.1, 0.15) is 49.7 Å². The van der Waals surface area contributed by atoms with Gasteiger partial charge in [0.2, 0.25) is 5.91 Å². The number of unbranched alkanes of at least 4 members (excludes halogenated alkanes) is 1. The van der Waals surface area contributed by atoms with Crippen LogP contribution in [0.2, 0.25) is 0 Å². The number of hydrogen-bond acceptors (Lipinski definition) is 4. The van der Waals surface area contributed by atoms with E-state index in [2.05, 4.69) is 36.4 Å². The van der Waals surface area contributed by atoms with Crippen LogP contribution in [0, 0.1) is 0 Å². The molecule has 0 unspecified atom stereocenters. The number of nitrogens with zero attached hydrogens (tertiary/aromatic N) is 3. The van der Waals surface area contributed by atoms with Crippen LogP contribution in [0.25, 0.3) is 5.65 Å². The van der Waals surface area contributed by atoms with Crippen molar-refractivity contribution in [3.8, 4) is 0 Å². The van der Waals surface area contributed by atoms with E-state index in [1.165, 1.54) is 6.92 Å². The molecule has 0 aliphatic heterocycles. The fraction of sp³-hybridized carbons (Fsp3) is 0.526. The second kappa shape index (κ2) is 9.22. The molecule has 2 N–H and O–H groups in total. The number of fused-ring (bicyclic) bond motifs is 1.